The lowest BCUT2D eigenvalue weighted by atomic mass is 9.90. The molecule has 8 rings (SSSR count). The minimum Gasteiger partial charge on any atom is -0.376 e. The predicted octanol–water partition coefficient (Wildman–Crippen LogP) is 12.9. The molecule has 8 heteroatoms. The molecule has 0 fully saturated rings. The van der Waals surface area contributed by atoms with Crippen molar-refractivity contribution in [2.45, 2.75) is 138 Å². The van der Waals surface area contributed by atoms with E-state index in [0.29, 0.717) is 0 Å². The fourth-order valence-electron chi connectivity index (χ4n) is 9.41. The summed E-state index contributed by atoms with van der Waals surface area (Å²) in [4.78, 5) is 0. The van der Waals surface area contributed by atoms with Gasteiger partial charge in [0.25, 0.3) is 0 Å². The van der Waals surface area contributed by atoms with E-state index >= 15 is 0 Å². The van der Waals surface area contributed by atoms with Crippen LogP contribution in [0.15, 0.2) is 97.1 Å². The lowest BCUT2D eigenvalue weighted by Crippen LogP contribution is -2.42. The summed E-state index contributed by atoms with van der Waals surface area (Å²) in [6.45, 7) is 26.9. The van der Waals surface area contributed by atoms with Gasteiger partial charge in [0.05, 0.1) is 48.6 Å². The van der Waals surface area contributed by atoms with Gasteiger partial charge in [0.1, 0.15) is 0 Å². The van der Waals surface area contributed by atoms with Gasteiger partial charge in [0.2, 0.25) is 0 Å². The highest BCUT2D eigenvalue weighted by Gasteiger charge is 2.38. The number of rotatable bonds is 12. The fourth-order valence-corrected chi connectivity index (χ4v) is 9.41. The van der Waals surface area contributed by atoms with E-state index in [-0.39, 0.29) is 48.6 Å². The molecule has 61 heavy (non-hydrogen) atoms. The van der Waals surface area contributed by atoms with Crippen molar-refractivity contribution in [3.8, 4) is 0 Å². The molecule has 4 aromatic rings. The Balaban J connectivity index is 1.14. The summed E-state index contributed by atoms with van der Waals surface area (Å²) in [6, 6.07) is 25.6. The van der Waals surface area contributed by atoms with Gasteiger partial charge in [-0.15, -0.1) is 0 Å². The van der Waals surface area contributed by atoms with Crippen molar-refractivity contribution < 1.29 is 18.9 Å². The molecular formula is C53H64N4O4. The van der Waals surface area contributed by atoms with Gasteiger partial charge in [0.15, 0.2) is 0 Å². The Morgan fingerprint density at radius 1 is 0.361 bits per heavy atom. The molecule has 0 aliphatic carbocycles. The van der Waals surface area contributed by atoms with Crippen LogP contribution in [0.25, 0.3) is 22.3 Å². The molecule has 4 heterocycles. The lowest BCUT2D eigenvalue weighted by Gasteiger charge is -2.34. The monoisotopic (exact) mass is 820 g/mol. The largest absolute Gasteiger partial charge is 0.414 e. The van der Waals surface area contributed by atoms with Crippen LogP contribution in [0.3, 0.4) is 0 Å². The molecule has 0 atom stereocenters. The van der Waals surface area contributed by atoms with Crippen molar-refractivity contribution in [1.82, 2.24) is 0 Å². The number of allylic oxidation sites excluding steroid dienone is 4. The van der Waals surface area contributed by atoms with Crippen molar-refractivity contribution in [1.29, 1.82) is 0 Å². The van der Waals surface area contributed by atoms with Crippen molar-refractivity contribution in [3.05, 3.63) is 142 Å². The van der Waals surface area contributed by atoms with E-state index in [1.807, 2.05) is 0 Å². The van der Waals surface area contributed by atoms with E-state index in [2.05, 4.69) is 201 Å². The number of fused-ring (bicyclic) bond motifs is 4. The molecule has 0 bridgehead atoms. The highest BCUT2D eigenvalue weighted by Crippen LogP contribution is 2.39. The number of hydrogen-bond donors (Lipinski definition) is 4. The number of nitrogens with one attached hydrogen (secondary N) is 4. The first kappa shape index (κ1) is 42.6. The summed E-state index contributed by atoms with van der Waals surface area (Å²) in [7, 11) is 0. The standard InChI is InChI=1S/C53H64N4O4/c1-33-25-49(5,6)54-45-17-13-37(21-41(33)45)29-58-53(59-30-38-14-18-46-42(22-38)34(2)26-50(7,8)55-46,60-31-39-15-19-47-43(23-39)35(3)27-51(9,10)56-47)61-32-40-16-20-48-44(24-40)36(4)28-52(11,12)57-48/h13-28,54-57H,29-32H2,1-12H3. The van der Waals surface area contributed by atoms with Gasteiger partial charge >= 0.3 is 6.16 Å². The van der Waals surface area contributed by atoms with Crippen LogP contribution in [0, 0.1) is 0 Å². The fraction of sp³-hybridized carbons (Fsp3) is 0.396. The Morgan fingerprint density at radius 2 is 0.574 bits per heavy atom. The van der Waals surface area contributed by atoms with Crippen molar-refractivity contribution in [2.75, 3.05) is 21.3 Å². The summed E-state index contributed by atoms with van der Waals surface area (Å²) >= 11 is 0. The van der Waals surface area contributed by atoms with Crippen molar-refractivity contribution in [3.63, 3.8) is 0 Å². The SMILES string of the molecule is CC1=CC(C)(C)Nc2ccc(COC(OCc3ccc4c(c3)C(C)=CC(C)(C)N4)(OCc3ccc4c(c3)C(C)=CC(C)(C)N4)OCc3ccc4c(c3)C(C)=CC(C)(C)N4)cc21. The van der Waals surface area contributed by atoms with Gasteiger partial charge < -0.3 is 21.3 Å². The molecule has 8 nitrogen and oxygen atoms in total. The molecule has 0 radical (unpaired) electrons. The van der Waals surface area contributed by atoms with E-state index in [4.69, 9.17) is 18.9 Å². The van der Waals surface area contributed by atoms with Gasteiger partial charge in [-0.05, 0) is 176 Å². The van der Waals surface area contributed by atoms with E-state index < -0.39 is 6.16 Å². The van der Waals surface area contributed by atoms with E-state index in [9.17, 15) is 0 Å². The van der Waals surface area contributed by atoms with Crippen LogP contribution < -0.4 is 21.3 Å². The van der Waals surface area contributed by atoms with Crippen molar-refractivity contribution >= 4 is 45.0 Å². The summed E-state index contributed by atoms with van der Waals surface area (Å²) < 4.78 is 27.4. The Bertz CT molecular complexity index is 2150. The van der Waals surface area contributed by atoms with Crippen LogP contribution in [-0.2, 0) is 45.4 Å². The van der Waals surface area contributed by atoms with Crippen molar-refractivity contribution in [2.24, 2.45) is 0 Å². The summed E-state index contributed by atoms with van der Waals surface area (Å²) in [6.07, 6.45) is 7.18. The first-order valence-electron chi connectivity index (χ1n) is 21.6. The molecule has 4 aliphatic rings. The van der Waals surface area contributed by atoms with E-state index in [1.165, 1.54) is 22.3 Å². The summed E-state index contributed by atoms with van der Waals surface area (Å²) in [5.74, 6) is 0. The topological polar surface area (TPSA) is 85.0 Å². The van der Waals surface area contributed by atoms with Gasteiger partial charge in [-0.2, -0.15) is 0 Å². The van der Waals surface area contributed by atoms with Crippen LogP contribution in [-0.4, -0.2) is 28.3 Å². The summed E-state index contributed by atoms with van der Waals surface area (Å²) in [5, 5.41) is 14.6. The molecule has 4 N–H and O–H groups in total. The smallest absolute Gasteiger partial charge is 0.376 e. The first-order valence-corrected chi connectivity index (χ1v) is 21.6. The van der Waals surface area contributed by atoms with Gasteiger partial charge in [0, 0.05) is 45.0 Å². The second-order valence-corrected chi connectivity index (χ2v) is 19.9. The second kappa shape index (κ2) is 15.7. The maximum absolute atomic E-state index is 6.85. The molecule has 0 saturated heterocycles. The van der Waals surface area contributed by atoms with E-state index in [0.717, 1.165) is 67.3 Å². The molecular weight excluding hydrogens is 757 g/mol. The van der Waals surface area contributed by atoms with Crippen LogP contribution in [0.2, 0.25) is 0 Å². The number of benzene rings is 4. The highest BCUT2D eigenvalue weighted by molar-refractivity contribution is 5.83. The summed E-state index contributed by atoms with van der Waals surface area (Å²) in [5.41, 5.74) is 17.2. The zero-order chi connectivity index (χ0) is 43.5. The molecule has 0 amide bonds. The molecule has 4 aromatic carbocycles. The maximum Gasteiger partial charge on any atom is 0.414 e. The first-order chi connectivity index (χ1) is 28.6. The van der Waals surface area contributed by atoms with Crippen LogP contribution in [0.1, 0.15) is 128 Å². The average molecular weight is 821 g/mol. The third-order valence-corrected chi connectivity index (χ3v) is 11.8. The Labute approximate surface area is 363 Å². The molecule has 320 valence electrons. The lowest BCUT2D eigenvalue weighted by molar-refractivity contribution is -0.513. The van der Waals surface area contributed by atoms with Crippen LogP contribution in [0.4, 0.5) is 22.7 Å². The Hall–Kier alpha value is -5.12. The number of ether oxygens (including phenoxy) is 4. The third-order valence-electron chi connectivity index (χ3n) is 11.8. The maximum atomic E-state index is 6.85. The van der Waals surface area contributed by atoms with Gasteiger partial charge in [-0.3, -0.25) is 18.9 Å². The van der Waals surface area contributed by atoms with Crippen LogP contribution in [0.5, 0.6) is 0 Å². The molecule has 4 aliphatic heterocycles. The predicted molar refractivity (Wildman–Crippen MR) is 253 cm³/mol. The Morgan fingerprint density at radius 3 is 0.787 bits per heavy atom. The normalized spacial score (nSPS) is 18.8. The molecule has 0 saturated carbocycles. The molecule has 0 unspecified atom stereocenters. The zero-order valence-corrected chi connectivity index (χ0v) is 38.2. The number of anilines is 4. The molecule has 0 aromatic heterocycles. The van der Waals surface area contributed by atoms with Gasteiger partial charge in [-0.1, -0.05) is 48.6 Å². The Kier molecular flexibility index (Phi) is 10.9. The third kappa shape index (κ3) is 9.53. The second-order valence-electron chi connectivity index (χ2n) is 19.9. The quantitative estimate of drug-likeness (QED) is 0.105. The minimum absolute atomic E-state index is 0.133. The van der Waals surface area contributed by atoms with Crippen LogP contribution >= 0.6 is 0 Å². The average Bonchev–Trinajstić information content (AvgIpc) is 3.16. The highest BCUT2D eigenvalue weighted by atomic mass is 17.0. The number of hydrogen-bond acceptors (Lipinski definition) is 8. The van der Waals surface area contributed by atoms with Gasteiger partial charge in [-0.25, -0.2) is 0 Å². The zero-order valence-electron chi connectivity index (χ0n) is 38.2. The minimum atomic E-state index is -1.88. The van der Waals surface area contributed by atoms with E-state index in [1.54, 1.807) is 0 Å². The molecule has 0 spiro atoms.